The molecule has 0 aliphatic carbocycles. The number of hydrogen-bond donors (Lipinski definition) is 3. The smallest absolute Gasteiger partial charge is 0.328 e. The molecular weight excluding hydrogens is 442 g/mol. The van der Waals surface area contributed by atoms with Gasteiger partial charge in [-0.1, -0.05) is 13.3 Å². The van der Waals surface area contributed by atoms with Gasteiger partial charge in [0.25, 0.3) is 0 Å². The second-order valence-corrected chi connectivity index (χ2v) is 9.93. The summed E-state index contributed by atoms with van der Waals surface area (Å²) in [7, 11) is 1.34. The average Bonchev–Trinajstić information content (AvgIpc) is 3.58. The van der Waals surface area contributed by atoms with Crippen molar-refractivity contribution in [3.8, 4) is 0 Å². The van der Waals surface area contributed by atoms with Gasteiger partial charge in [-0.25, -0.2) is 9.78 Å². The van der Waals surface area contributed by atoms with Crippen molar-refractivity contribution >= 4 is 29.5 Å². The number of imidazole rings is 1. The second-order valence-electron chi connectivity index (χ2n) is 8.95. The Morgan fingerprint density at radius 3 is 2.82 bits per heavy atom. The fraction of sp³-hybridized carbons (Fsp3) is 0.739. The van der Waals surface area contributed by atoms with Gasteiger partial charge >= 0.3 is 5.97 Å². The number of nitrogens with zero attached hydrogens (tertiary/aromatic N) is 2. The van der Waals surface area contributed by atoms with E-state index in [0.29, 0.717) is 19.4 Å². The molecule has 4 atom stereocenters. The van der Waals surface area contributed by atoms with Gasteiger partial charge in [0, 0.05) is 24.5 Å². The fourth-order valence-corrected chi connectivity index (χ4v) is 5.84. The van der Waals surface area contributed by atoms with Crippen molar-refractivity contribution in [1.29, 1.82) is 0 Å². The van der Waals surface area contributed by atoms with Crippen LogP contribution in [-0.4, -0.2) is 82.5 Å². The Labute approximate surface area is 200 Å². The SMILES string of the molecule is CC[C@H]1CCN(C(=O)Cc2cnc[nH]2)[C@]1(C[C@@H]1CCCN1)C(=O)N[C@@H](CCSC)C(=O)OC. The summed E-state index contributed by atoms with van der Waals surface area (Å²) in [4.78, 5) is 48.8. The van der Waals surface area contributed by atoms with Crippen LogP contribution in [0.2, 0.25) is 0 Å². The zero-order chi connectivity index (χ0) is 23.8. The molecule has 1 aromatic rings. The summed E-state index contributed by atoms with van der Waals surface area (Å²) in [6, 6.07) is -0.570. The Bertz CT molecular complexity index is 799. The van der Waals surface area contributed by atoms with E-state index in [2.05, 4.69) is 27.5 Å². The first-order valence-electron chi connectivity index (χ1n) is 11.8. The van der Waals surface area contributed by atoms with Crippen LogP contribution in [0.15, 0.2) is 12.5 Å². The van der Waals surface area contributed by atoms with E-state index >= 15 is 0 Å². The summed E-state index contributed by atoms with van der Waals surface area (Å²) in [5.41, 5.74) is -0.278. The molecule has 3 rings (SSSR count). The second kappa shape index (κ2) is 11.9. The van der Waals surface area contributed by atoms with Crippen LogP contribution in [0.1, 0.15) is 51.1 Å². The van der Waals surface area contributed by atoms with Crippen LogP contribution in [0.25, 0.3) is 0 Å². The minimum Gasteiger partial charge on any atom is -0.467 e. The molecule has 0 saturated carbocycles. The third kappa shape index (κ3) is 5.71. The Hall–Kier alpha value is -2.07. The number of likely N-dealkylation sites (tertiary alicyclic amines) is 1. The Balaban J connectivity index is 1.93. The van der Waals surface area contributed by atoms with Gasteiger partial charge in [-0.2, -0.15) is 11.8 Å². The highest BCUT2D eigenvalue weighted by Gasteiger charge is 2.56. The summed E-state index contributed by atoms with van der Waals surface area (Å²) in [6.07, 6.45) is 9.91. The maximum Gasteiger partial charge on any atom is 0.328 e. The van der Waals surface area contributed by atoms with Crippen LogP contribution in [0.3, 0.4) is 0 Å². The number of thioether (sulfide) groups is 1. The molecule has 2 saturated heterocycles. The molecule has 3 heterocycles. The van der Waals surface area contributed by atoms with Crippen LogP contribution < -0.4 is 10.6 Å². The zero-order valence-corrected chi connectivity index (χ0v) is 20.7. The Kier molecular flexibility index (Phi) is 9.19. The number of aromatic amines is 1. The molecule has 2 aliphatic heterocycles. The Morgan fingerprint density at radius 1 is 1.39 bits per heavy atom. The van der Waals surface area contributed by atoms with Gasteiger partial charge in [0.15, 0.2) is 0 Å². The number of esters is 1. The van der Waals surface area contributed by atoms with E-state index in [-0.39, 0.29) is 30.2 Å². The minimum atomic E-state index is -1.00. The largest absolute Gasteiger partial charge is 0.467 e. The number of rotatable bonds is 11. The molecule has 9 nitrogen and oxygen atoms in total. The summed E-state index contributed by atoms with van der Waals surface area (Å²) >= 11 is 1.61. The highest BCUT2D eigenvalue weighted by atomic mass is 32.2. The van der Waals surface area contributed by atoms with Gasteiger partial charge in [-0.05, 0) is 56.6 Å². The van der Waals surface area contributed by atoms with Crippen LogP contribution in [-0.2, 0) is 25.5 Å². The van der Waals surface area contributed by atoms with Gasteiger partial charge < -0.3 is 25.3 Å². The van der Waals surface area contributed by atoms with Crippen molar-refractivity contribution < 1.29 is 19.1 Å². The van der Waals surface area contributed by atoms with E-state index < -0.39 is 17.6 Å². The summed E-state index contributed by atoms with van der Waals surface area (Å²) < 4.78 is 4.97. The quantitative estimate of drug-likeness (QED) is 0.412. The Morgan fingerprint density at radius 2 is 2.21 bits per heavy atom. The van der Waals surface area contributed by atoms with Crippen molar-refractivity contribution in [2.24, 2.45) is 5.92 Å². The molecule has 10 heteroatoms. The summed E-state index contributed by atoms with van der Waals surface area (Å²) in [6.45, 7) is 3.52. The topological polar surface area (TPSA) is 116 Å². The van der Waals surface area contributed by atoms with E-state index in [4.69, 9.17) is 4.74 Å². The van der Waals surface area contributed by atoms with Gasteiger partial charge in [0.2, 0.25) is 11.8 Å². The number of methoxy groups -OCH3 is 1. The molecule has 0 unspecified atom stereocenters. The highest BCUT2D eigenvalue weighted by Crippen LogP contribution is 2.42. The molecule has 2 aliphatic rings. The van der Waals surface area contributed by atoms with E-state index in [1.165, 1.54) is 7.11 Å². The lowest BCUT2D eigenvalue weighted by molar-refractivity contribution is -0.151. The molecule has 1 aromatic heterocycles. The number of H-pyrrole nitrogens is 1. The van der Waals surface area contributed by atoms with Crippen molar-refractivity contribution in [2.75, 3.05) is 32.2 Å². The average molecular weight is 480 g/mol. The molecule has 0 aromatic carbocycles. The molecule has 3 N–H and O–H groups in total. The van der Waals surface area contributed by atoms with Crippen LogP contribution in [0, 0.1) is 5.92 Å². The van der Waals surface area contributed by atoms with Gasteiger partial charge in [-0.3, -0.25) is 9.59 Å². The molecule has 33 heavy (non-hydrogen) atoms. The molecule has 184 valence electrons. The number of carbonyl (C=O) groups excluding carboxylic acids is 3. The minimum absolute atomic E-state index is 0.0180. The van der Waals surface area contributed by atoms with Crippen LogP contribution in [0.5, 0.6) is 0 Å². The molecule has 0 bridgehead atoms. The normalized spacial score (nSPS) is 25.7. The number of aromatic nitrogens is 2. The number of ether oxygens (including phenoxy) is 1. The first-order valence-corrected chi connectivity index (χ1v) is 13.2. The molecule has 2 amide bonds. The molecule has 2 fully saturated rings. The maximum atomic E-state index is 14.1. The number of amides is 2. The third-order valence-corrected chi connectivity index (χ3v) is 7.71. The van der Waals surface area contributed by atoms with E-state index in [0.717, 1.165) is 43.7 Å². The van der Waals surface area contributed by atoms with Crippen molar-refractivity contribution in [1.82, 2.24) is 25.5 Å². The lowest BCUT2D eigenvalue weighted by atomic mass is 9.76. The predicted octanol–water partition coefficient (Wildman–Crippen LogP) is 1.50. The van der Waals surface area contributed by atoms with Crippen molar-refractivity contribution in [2.45, 2.75) is 69.5 Å². The number of carbonyl (C=O) groups is 3. The first kappa shape index (κ1) is 25.6. The van der Waals surface area contributed by atoms with E-state index in [1.54, 1.807) is 29.2 Å². The predicted molar refractivity (Wildman–Crippen MR) is 128 cm³/mol. The van der Waals surface area contributed by atoms with Gasteiger partial charge in [0.1, 0.15) is 11.6 Å². The van der Waals surface area contributed by atoms with Gasteiger partial charge in [0.05, 0.1) is 19.9 Å². The third-order valence-electron chi connectivity index (χ3n) is 7.06. The number of hydrogen-bond acceptors (Lipinski definition) is 7. The first-order chi connectivity index (χ1) is 16.0. The van der Waals surface area contributed by atoms with E-state index in [9.17, 15) is 14.4 Å². The highest BCUT2D eigenvalue weighted by molar-refractivity contribution is 7.98. The molecule has 0 radical (unpaired) electrons. The number of nitrogens with one attached hydrogen (secondary N) is 3. The fourth-order valence-electron chi connectivity index (χ4n) is 5.37. The van der Waals surface area contributed by atoms with E-state index in [1.807, 2.05) is 6.26 Å². The van der Waals surface area contributed by atoms with Crippen molar-refractivity contribution in [3.63, 3.8) is 0 Å². The lowest BCUT2D eigenvalue weighted by Gasteiger charge is -2.43. The monoisotopic (exact) mass is 479 g/mol. The van der Waals surface area contributed by atoms with Crippen molar-refractivity contribution in [3.05, 3.63) is 18.2 Å². The summed E-state index contributed by atoms with van der Waals surface area (Å²) in [5.74, 6) is -0.0499. The molecule has 0 spiro atoms. The lowest BCUT2D eigenvalue weighted by Crippen LogP contribution is -2.64. The zero-order valence-electron chi connectivity index (χ0n) is 19.9. The molecular formula is C23H37N5O4S. The van der Waals surface area contributed by atoms with Gasteiger partial charge in [-0.15, -0.1) is 0 Å². The summed E-state index contributed by atoms with van der Waals surface area (Å²) in [5, 5.41) is 6.50. The maximum absolute atomic E-state index is 14.1. The standard InChI is InChI=1S/C23H37N5O4S/c1-4-16-7-10-28(20(29)12-18-14-24-15-26-18)23(16,13-17-6-5-9-25-17)22(31)27-19(8-11-33-3)21(30)32-2/h14-17,19,25H,4-13H2,1-3H3,(H,24,26)(H,27,31)/t16-,17-,19-,23-/m0/s1. The van der Waals surface area contributed by atoms with Crippen LogP contribution in [0.4, 0.5) is 0 Å². The van der Waals surface area contributed by atoms with Crippen LogP contribution >= 0.6 is 11.8 Å².